The van der Waals surface area contributed by atoms with E-state index in [9.17, 15) is 9.59 Å². The first-order valence-electron chi connectivity index (χ1n) is 4.48. The van der Waals surface area contributed by atoms with Crippen LogP contribution in [0.15, 0.2) is 29.4 Å². The Bertz CT molecular complexity index is 437. The number of ketones is 2. The minimum Gasteiger partial charge on any atom is -0.399 e. The van der Waals surface area contributed by atoms with Crippen molar-refractivity contribution in [2.45, 2.75) is 6.92 Å². The molecule has 0 fully saturated rings. The van der Waals surface area contributed by atoms with E-state index in [0.717, 1.165) is 0 Å². The standard InChI is InChI=1S/C11H10ClNO3/c1-7(13-16-2)10(14)11(15)8-3-5-9(12)6-4-8/h3-6H,1-2H3. The molecule has 4 nitrogen and oxygen atoms in total. The van der Waals surface area contributed by atoms with Gasteiger partial charge in [0.1, 0.15) is 12.8 Å². The molecule has 0 unspecified atom stereocenters. The van der Waals surface area contributed by atoms with Gasteiger partial charge in [0.15, 0.2) is 0 Å². The number of halogens is 1. The number of rotatable bonds is 4. The highest BCUT2D eigenvalue weighted by Crippen LogP contribution is 2.10. The Morgan fingerprint density at radius 1 is 1.25 bits per heavy atom. The summed E-state index contributed by atoms with van der Waals surface area (Å²) in [5.74, 6) is -1.32. The zero-order valence-electron chi connectivity index (χ0n) is 8.86. The van der Waals surface area contributed by atoms with Crippen LogP contribution in [-0.2, 0) is 9.63 Å². The number of oxime groups is 1. The maximum absolute atomic E-state index is 11.6. The van der Waals surface area contributed by atoms with E-state index in [1.54, 1.807) is 12.1 Å². The molecule has 5 heteroatoms. The average molecular weight is 240 g/mol. The third-order valence-electron chi connectivity index (χ3n) is 1.87. The van der Waals surface area contributed by atoms with Crippen LogP contribution in [0.3, 0.4) is 0 Å². The van der Waals surface area contributed by atoms with Crippen LogP contribution in [0.2, 0.25) is 5.02 Å². The number of benzene rings is 1. The Balaban J connectivity index is 2.91. The van der Waals surface area contributed by atoms with Gasteiger partial charge in [0.05, 0.1) is 0 Å². The first-order valence-corrected chi connectivity index (χ1v) is 4.86. The zero-order valence-corrected chi connectivity index (χ0v) is 9.62. The molecule has 0 N–H and O–H groups in total. The second kappa shape index (κ2) is 5.42. The Morgan fingerprint density at radius 3 is 2.31 bits per heavy atom. The van der Waals surface area contributed by atoms with Crippen LogP contribution >= 0.6 is 11.6 Å². The Labute approximate surface area is 97.8 Å². The largest absolute Gasteiger partial charge is 0.399 e. The van der Waals surface area contributed by atoms with Crippen molar-refractivity contribution in [3.63, 3.8) is 0 Å². The van der Waals surface area contributed by atoms with Crippen molar-refractivity contribution in [2.24, 2.45) is 5.16 Å². The summed E-state index contributed by atoms with van der Waals surface area (Å²) in [6.07, 6.45) is 0. The van der Waals surface area contributed by atoms with Crippen LogP contribution in [-0.4, -0.2) is 24.4 Å². The van der Waals surface area contributed by atoms with E-state index >= 15 is 0 Å². The van der Waals surface area contributed by atoms with Gasteiger partial charge in [-0.2, -0.15) is 0 Å². The summed E-state index contributed by atoms with van der Waals surface area (Å²) >= 11 is 5.67. The number of hydrogen-bond donors (Lipinski definition) is 0. The first kappa shape index (κ1) is 12.4. The molecule has 0 saturated heterocycles. The number of carbonyl (C=O) groups is 2. The fraction of sp³-hybridized carbons (Fsp3) is 0.182. The van der Waals surface area contributed by atoms with Gasteiger partial charge in [0.2, 0.25) is 5.78 Å². The molecular formula is C11H10ClNO3. The van der Waals surface area contributed by atoms with Gasteiger partial charge < -0.3 is 4.84 Å². The third kappa shape index (κ3) is 2.90. The quantitative estimate of drug-likeness (QED) is 0.350. The predicted octanol–water partition coefficient (Wildman–Crippen LogP) is 2.11. The molecule has 0 aromatic heterocycles. The average Bonchev–Trinajstić information content (AvgIpc) is 2.28. The van der Waals surface area contributed by atoms with Crippen molar-refractivity contribution >= 4 is 28.9 Å². The molecule has 0 atom stereocenters. The fourth-order valence-electron chi connectivity index (χ4n) is 1.08. The van der Waals surface area contributed by atoms with Crippen molar-refractivity contribution in [2.75, 3.05) is 7.11 Å². The van der Waals surface area contributed by atoms with Crippen LogP contribution in [0, 0.1) is 0 Å². The maximum atomic E-state index is 11.6. The van der Waals surface area contributed by atoms with Crippen LogP contribution in [0.25, 0.3) is 0 Å². The SMILES string of the molecule is CON=C(C)C(=O)C(=O)c1ccc(Cl)cc1. The Kier molecular flexibility index (Phi) is 4.19. The molecule has 0 bridgehead atoms. The van der Waals surface area contributed by atoms with Gasteiger partial charge in [0.25, 0.3) is 5.78 Å². The van der Waals surface area contributed by atoms with Gasteiger partial charge in [-0.25, -0.2) is 0 Å². The van der Waals surface area contributed by atoms with Crippen molar-refractivity contribution in [1.29, 1.82) is 0 Å². The third-order valence-corrected chi connectivity index (χ3v) is 2.12. The van der Waals surface area contributed by atoms with E-state index in [1.165, 1.54) is 26.2 Å². The summed E-state index contributed by atoms with van der Waals surface area (Å²) < 4.78 is 0. The summed E-state index contributed by atoms with van der Waals surface area (Å²) in [5.41, 5.74) is 0.294. The topological polar surface area (TPSA) is 55.7 Å². The van der Waals surface area contributed by atoms with Crippen LogP contribution in [0.1, 0.15) is 17.3 Å². The molecule has 0 spiro atoms. The second-order valence-corrected chi connectivity index (χ2v) is 3.46. The van der Waals surface area contributed by atoms with Gasteiger partial charge in [-0.15, -0.1) is 0 Å². The van der Waals surface area contributed by atoms with Crippen molar-refractivity contribution < 1.29 is 14.4 Å². The van der Waals surface area contributed by atoms with Crippen LogP contribution in [0.4, 0.5) is 0 Å². The highest BCUT2D eigenvalue weighted by molar-refractivity contribution is 6.67. The highest BCUT2D eigenvalue weighted by atomic mass is 35.5. The van der Waals surface area contributed by atoms with Gasteiger partial charge in [-0.05, 0) is 31.2 Å². The minimum absolute atomic E-state index is 0.0162. The minimum atomic E-state index is -0.691. The van der Waals surface area contributed by atoms with E-state index in [-0.39, 0.29) is 11.3 Å². The molecule has 0 aliphatic rings. The van der Waals surface area contributed by atoms with Gasteiger partial charge in [0, 0.05) is 10.6 Å². The Hall–Kier alpha value is -1.68. The smallest absolute Gasteiger partial charge is 0.250 e. The summed E-state index contributed by atoms with van der Waals surface area (Å²) in [6.45, 7) is 1.42. The molecule has 0 aliphatic carbocycles. The number of Topliss-reactive ketones (excluding diaryl/α,β-unsaturated/α-hetero) is 2. The second-order valence-electron chi connectivity index (χ2n) is 3.02. The number of carbonyl (C=O) groups excluding carboxylic acids is 2. The molecule has 0 amide bonds. The molecule has 0 radical (unpaired) electrons. The lowest BCUT2D eigenvalue weighted by atomic mass is 10.1. The van der Waals surface area contributed by atoms with Gasteiger partial charge in [-0.1, -0.05) is 16.8 Å². The van der Waals surface area contributed by atoms with E-state index < -0.39 is 11.6 Å². The van der Waals surface area contributed by atoms with Crippen molar-refractivity contribution in [3.05, 3.63) is 34.9 Å². The number of nitrogens with zero attached hydrogens (tertiary/aromatic N) is 1. The van der Waals surface area contributed by atoms with Crippen LogP contribution in [0.5, 0.6) is 0 Å². The zero-order chi connectivity index (χ0) is 12.1. The van der Waals surface area contributed by atoms with E-state index in [1.807, 2.05) is 0 Å². The molecule has 1 aromatic carbocycles. The fourth-order valence-corrected chi connectivity index (χ4v) is 1.20. The van der Waals surface area contributed by atoms with E-state index in [4.69, 9.17) is 11.6 Å². The lowest BCUT2D eigenvalue weighted by Gasteiger charge is -1.99. The van der Waals surface area contributed by atoms with Gasteiger partial charge >= 0.3 is 0 Å². The summed E-state index contributed by atoms with van der Waals surface area (Å²) in [7, 11) is 1.31. The lowest BCUT2D eigenvalue weighted by molar-refractivity contribution is -0.109. The van der Waals surface area contributed by atoms with Crippen molar-refractivity contribution in [3.8, 4) is 0 Å². The summed E-state index contributed by atoms with van der Waals surface area (Å²) in [4.78, 5) is 27.6. The van der Waals surface area contributed by atoms with Gasteiger partial charge in [-0.3, -0.25) is 9.59 Å². The molecule has 16 heavy (non-hydrogen) atoms. The van der Waals surface area contributed by atoms with E-state index in [2.05, 4.69) is 9.99 Å². The first-order chi connectivity index (χ1) is 7.56. The lowest BCUT2D eigenvalue weighted by Crippen LogP contribution is -2.21. The molecule has 0 aliphatic heterocycles. The molecular weight excluding hydrogens is 230 g/mol. The monoisotopic (exact) mass is 239 g/mol. The molecule has 1 rings (SSSR count). The molecule has 0 saturated carbocycles. The molecule has 84 valence electrons. The normalized spacial score (nSPS) is 11.1. The summed E-state index contributed by atoms with van der Waals surface area (Å²) in [6, 6.07) is 6.07. The number of hydrogen-bond acceptors (Lipinski definition) is 4. The molecule has 0 heterocycles. The van der Waals surface area contributed by atoms with E-state index in [0.29, 0.717) is 5.02 Å². The van der Waals surface area contributed by atoms with Crippen molar-refractivity contribution in [1.82, 2.24) is 0 Å². The Morgan fingerprint density at radius 2 is 1.81 bits per heavy atom. The molecule has 1 aromatic rings. The van der Waals surface area contributed by atoms with Crippen LogP contribution < -0.4 is 0 Å². The maximum Gasteiger partial charge on any atom is 0.250 e. The summed E-state index contributed by atoms with van der Waals surface area (Å²) in [5, 5.41) is 3.91. The predicted molar refractivity (Wildman–Crippen MR) is 60.9 cm³/mol. The highest BCUT2D eigenvalue weighted by Gasteiger charge is 2.19.